The van der Waals surface area contributed by atoms with Gasteiger partial charge in [0, 0.05) is 36.9 Å². The van der Waals surface area contributed by atoms with E-state index in [0.29, 0.717) is 0 Å². The van der Waals surface area contributed by atoms with Crippen LogP contribution in [-0.2, 0) is 4.79 Å². The number of aldehydes is 1. The summed E-state index contributed by atoms with van der Waals surface area (Å²) in [4.78, 5) is 8.81. The average Bonchev–Trinajstić information content (AvgIpc) is 0.918. The zero-order chi connectivity index (χ0) is 2.71. The molecule has 0 saturated heterocycles. The van der Waals surface area contributed by atoms with Crippen LogP contribution < -0.4 is 0 Å². The van der Waals surface area contributed by atoms with Gasteiger partial charge in [-0.1, -0.05) is 0 Å². The fraction of sp³-hybridized carbons (Fsp3) is 0.500. The van der Waals surface area contributed by atoms with Crippen LogP contribution in [0.4, 0.5) is 0 Å². The molecule has 4 heavy (non-hydrogen) atoms. The van der Waals surface area contributed by atoms with Gasteiger partial charge in [-0.25, -0.2) is 0 Å². The van der Waals surface area contributed by atoms with E-state index in [4.69, 9.17) is 4.79 Å². The second-order valence-electron chi connectivity index (χ2n) is 0.236. The summed E-state index contributed by atoms with van der Waals surface area (Å²) in [6.45, 7) is 1.44. The van der Waals surface area contributed by atoms with Crippen LogP contribution in [0.25, 0.3) is 0 Å². The number of carbonyl (C=O) groups is 1. The van der Waals surface area contributed by atoms with Crippen molar-refractivity contribution in [2.75, 3.05) is 0 Å². The van der Waals surface area contributed by atoms with Gasteiger partial charge in [0.05, 0.1) is 0 Å². The summed E-state index contributed by atoms with van der Waals surface area (Å²) in [5.41, 5.74) is 0. The zero-order valence-electron chi connectivity index (χ0n) is 2.26. The van der Waals surface area contributed by atoms with E-state index in [-0.39, 0.29) is 36.9 Å². The molecule has 0 heterocycles. The molecule has 0 aromatic carbocycles. The Balaban J connectivity index is 0. The predicted octanol–water partition coefficient (Wildman–Crippen LogP) is 0.205. The van der Waals surface area contributed by atoms with Crippen molar-refractivity contribution in [2.45, 2.75) is 6.92 Å². The summed E-state index contributed by atoms with van der Waals surface area (Å²) in [6.07, 6.45) is 0.750. The first-order valence-corrected chi connectivity index (χ1v) is 0.813. The number of rotatable bonds is 0. The van der Waals surface area contributed by atoms with E-state index in [0.717, 1.165) is 6.29 Å². The Bertz CT molecular complexity index is 13.5. The third-order valence-electron chi connectivity index (χ3n) is 0. The van der Waals surface area contributed by atoms with Crippen molar-refractivity contribution in [3.8, 4) is 0 Å². The second kappa shape index (κ2) is 9.08. The van der Waals surface area contributed by atoms with Gasteiger partial charge in [-0.2, -0.15) is 0 Å². The quantitative estimate of drug-likeness (QED) is 0.525. The first-order valence-electron chi connectivity index (χ1n) is 0.813. The molecule has 0 unspecified atom stereocenters. The third-order valence-corrected chi connectivity index (χ3v) is 0. The first-order chi connectivity index (χ1) is 1.41. The Morgan fingerprint density at radius 3 is 1.75 bits per heavy atom. The van der Waals surface area contributed by atoms with Crippen LogP contribution in [0.3, 0.4) is 0 Å². The molecule has 0 bridgehead atoms. The van der Waals surface area contributed by atoms with Crippen LogP contribution in [0.2, 0.25) is 0 Å². The molecule has 0 fully saturated rings. The molecule has 31 valence electrons. The normalized spacial score (nSPS) is 3.25. The number of hydrogen-bond acceptors (Lipinski definition) is 1. The van der Waals surface area contributed by atoms with Crippen molar-refractivity contribution in [1.29, 1.82) is 0 Å². The van der Waals surface area contributed by atoms with Gasteiger partial charge >= 0.3 is 0 Å². The molecule has 0 aliphatic heterocycles. The summed E-state index contributed by atoms with van der Waals surface area (Å²) in [6, 6.07) is 0. The van der Waals surface area contributed by atoms with Gasteiger partial charge in [-0.15, -0.1) is 0 Å². The van der Waals surface area contributed by atoms with Crippen molar-refractivity contribution < 1.29 is 41.7 Å². The molecular formula is C2H4OTm. The fourth-order valence-electron chi connectivity index (χ4n) is 0. The smallest absolute Gasteiger partial charge is 0.116 e. The molecule has 0 atom stereocenters. The topological polar surface area (TPSA) is 17.1 Å². The van der Waals surface area contributed by atoms with Gasteiger partial charge in [-0.05, 0) is 6.92 Å². The van der Waals surface area contributed by atoms with E-state index in [1.807, 2.05) is 0 Å². The van der Waals surface area contributed by atoms with Gasteiger partial charge in [0.15, 0.2) is 0 Å². The van der Waals surface area contributed by atoms with Gasteiger partial charge in [0.1, 0.15) is 6.29 Å². The van der Waals surface area contributed by atoms with E-state index < -0.39 is 0 Å². The van der Waals surface area contributed by atoms with E-state index >= 15 is 0 Å². The SMILES string of the molecule is CC=O.[Tm]. The van der Waals surface area contributed by atoms with E-state index in [1.54, 1.807) is 0 Å². The number of hydrogen-bond donors (Lipinski definition) is 0. The Hall–Kier alpha value is 0.904. The van der Waals surface area contributed by atoms with E-state index in [2.05, 4.69) is 0 Å². The minimum absolute atomic E-state index is 0. The predicted molar refractivity (Wildman–Crippen MR) is 11.7 cm³/mol. The van der Waals surface area contributed by atoms with Crippen molar-refractivity contribution >= 4 is 6.29 Å². The third kappa shape index (κ3) is 12.9. The van der Waals surface area contributed by atoms with Crippen LogP contribution in [0.15, 0.2) is 0 Å². The first kappa shape index (κ1) is 8.86. The average molecular weight is 213 g/mol. The van der Waals surface area contributed by atoms with E-state index in [1.165, 1.54) is 6.92 Å². The molecule has 0 aliphatic rings. The summed E-state index contributed by atoms with van der Waals surface area (Å²) >= 11 is 0. The Morgan fingerprint density at radius 2 is 1.75 bits per heavy atom. The Kier molecular flexibility index (Phi) is 20.1. The van der Waals surface area contributed by atoms with Crippen molar-refractivity contribution in [3.63, 3.8) is 0 Å². The maximum Gasteiger partial charge on any atom is 0.116 e. The molecule has 0 spiro atoms. The maximum atomic E-state index is 8.81. The minimum atomic E-state index is 0. The van der Waals surface area contributed by atoms with Gasteiger partial charge < -0.3 is 4.79 Å². The van der Waals surface area contributed by atoms with Gasteiger partial charge in [-0.3, -0.25) is 0 Å². The Morgan fingerprint density at radius 1 is 1.75 bits per heavy atom. The molecular weight excluding hydrogens is 209 g/mol. The molecule has 0 aliphatic carbocycles. The monoisotopic (exact) mass is 213 g/mol. The van der Waals surface area contributed by atoms with Crippen molar-refractivity contribution in [3.05, 3.63) is 0 Å². The van der Waals surface area contributed by atoms with Crippen LogP contribution in [0.5, 0.6) is 0 Å². The van der Waals surface area contributed by atoms with Gasteiger partial charge in [0.2, 0.25) is 0 Å². The van der Waals surface area contributed by atoms with Gasteiger partial charge in [0.25, 0.3) is 0 Å². The van der Waals surface area contributed by atoms with Crippen LogP contribution in [-0.4, -0.2) is 6.29 Å². The van der Waals surface area contributed by atoms with Crippen LogP contribution in [0, 0.1) is 36.9 Å². The van der Waals surface area contributed by atoms with E-state index in [9.17, 15) is 0 Å². The fourth-order valence-corrected chi connectivity index (χ4v) is 0. The molecule has 0 amide bonds. The second-order valence-corrected chi connectivity index (χ2v) is 0.236. The zero-order valence-corrected chi connectivity index (χ0v) is 4.04. The molecule has 0 rings (SSSR count). The molecule has 0 aromatic heterocycles. The molecule has 0 N–H and O–H groups in total. The summed E-state index contributed by atoms with van der Waals surface area (Å²) < 4.78 is 0. The van der Waals surface area contributed by atoms with Crippen LogP contribution >= 0.6 is 0 Å². The minimum Gasteiger partial charge on any atom is -0.304 e. The summed E-state index contributed by atoms with van der Waals surface area (Å²) in [5.74, 6) is 0. The molecule has 0 aromatic rings. The van der Waals surface area contributed by atoms with Crippen molar-refractivity contribution in [2.24, 2.45) is 0 Å². The molecule has 1 nitrogen and oxygen atoms in total. The van der Waals surface area contributed by atoms with Crippen molar-refractivity contribution in [1.82, 2.24) is 0 Å². The van der Waals surface area contributed by atoms with Crippen LogP contribution in [0.1, 0.15) is 6.92 Å². The standard InChI is InChI=1S/C2H4O.Tm/c1-2-3;/h2H,1H3;. The number of carbonyl (C=O) groups excluding carboxylic acids is 1. The largest absolute Gasteiger partial charge is 0.304 e. The Labute approximate surface area is 54.6 Å². The maximum absolute atomic E-state index is 8.81. The molecule has 2 heteroatoms. The summed E-state index contributed by atoms with van der Waals surface area (Å²) in [5, 5.41) is 0. The summed E-state index contributed by atoms with van der Waals surface area (Å²) in [7, 11) is 0. The molecule has 1 radical (unpaired) electrons. The molecule has 0 saturated carbocycles.